The molecule has 21 heavy (non-hydrogen) atoms. The second kappa shape index (κ2) is 8.73. The van der Waals surface area contributed by atoms with Crippen LogP contribution >= 0.6 is 15.9 Å². The van der Waals surface area contributed by atoms with Crippen LogP contribution in [0.25, 0.3) is 0 Å². The second-order valence-corrected chi connectivity index (χ2v) is 6.34. The summed E-state index contributed by atoms with van der Waals surface area (Å²) in [6.45, 7) is 8.01. The Bertz CT molecular complexity index is 436. The molecule has 0 saturated carbocycles. The van der Waals surface area contributed by atoms with Crippen molar-refractivity contribution in [1.82, 2.24) is 10.2 Å². The summed E-state index contributed by atoms with van der Waals surface area (Å²) in [4.78, 5) is 2.45. The first-order chi connectivity index (χ1) is 10.2. The van der Waals surface area contributed by atoms with Crippen molar-refractivity contribution in [2.75, 3.05) is 39.4 Å². The van der Waals surface area contributed by atoms with Crippen LogP contribution in [0.15, 0.2) is 22.7 Å². The SMILES string of the molecule is CCC(NCCCN1CCOCC1)c1cc(Br)ccc1O. The Labute approximate surface area is 135 Å². The lowest BCUT2D eigenvalue weighted by atomic mass is 10.0. The van der Waals surface area contributed by atoms with Gasteiger partial charge in [-0.15, -0.1) is 0 Å². The van der Waals surface area contributed by atoms with Crippen molar-refractivity contribution >= 4 is 15.9 Å². The summed E-state index contributed by atoms with van der Waals surface area (Å²) in [5, 5.41) is 13.6. The van der Waals surface area contributed by atoms with Crippen LogP contribution in [-0.2, 0) is 4.74 Å². The number of aromatic hydroxyl groups is 1. The van der Waals surface area contributed by atoms with Gasteiger partial charge in [0.2, 0.25) is 0 Å². The molecule has 1 unspecified atom stereocenters. The molecule has 0 aliphatic carbocycles. The van der Waals surface area contributed by atoms with Crippen molar-refractivity contribution in [3.8, 4) is 5.75 Å². The molecule has 2 N–H and O–H groups in total. The molecule has 1 aliphatic heterocycles. The number of nitrogens with one attached hydrogen (secondary N) is 1. The summed E-state index contributed by atoms with van der Waals surface area (Å²) in [5.41, 5.74) is 0.971. The zero-order valence-corrected chi connectivity index (χ0v) is 14.2. The fourth-order valence-corrected chi connectivity index (χ4v) is 3.06. The van der Waals surface area contributed by atoms with Gasteiger partial charge < -0.3 is 15.2 Å². The quantitative estimate of drug-likeness (QED) is 0.737. The molecule has 0 radical (unpaired) electrons. The molecule has 0 bridgehead atoms. The van der Waals surface area contributed by atoms with Crippen molar-refractivity contribution in [1.29, 1.82) is 0 Å². The van der Waals surface area contributed by atoms with E-state index in [4.69, 9.17) is 4.74 Å². The summed E-state index contributed by atoms with van der Waals surface area (Å²) in [6.07, 6.45) is 2.08. The average Bonchev–Trinajstić information content (AvgIpc) is 2.51. The topological polar surface area (TPSA) is 44.7 Å². The number of hydrogen-bond donors (Lipinski definition) is 2. The Balaban J connectivity index is 1.78. The Morgan fingerprint density at radius 2 is 2.14 bits per heavy atom. The molecule has 0 spiro atoms. The van der Waals surface area contributed by atoms with Gasteiger partial charge in [-0.2, -0.15) is 0 Å². The number of rotatable bonds is 7. The van der Waals surface area contributed by atoms with Crippen LogP contribution in [0.5, 0.6) is 5.75 Å². The molecule has 1 fully saturated rings. The van der Waals surface area contributed by atoms with Gasteiger partial charge in [0.1, 0.15) is 5.75 Å². The van der Waals surface area contributed by atoms with E-state index < -0.39 is 0 Å². The second-order valence-electron chi connectivity index (χ2n) is 5.43. The highest BCUT2D eigenvalue weighted by molar-refractivity contribution is 9.10. The first-order valence-corrected chi connectivity index (χ1v) is 8.52. The molecule has 4 nitrogen and oxygen atoms in total. The number of halogens is 1. The van der Waals surface area contributed by atoms with Crippen molar-refractivity contribution in [2.45, 2.75) is 25.8 Å². The molecule has 1 aliphatic rings. The maximum Gasteiger partial charge on any atom is 0.120 e. The number of morpholine rings is 1. The van der Waals surface area contributed by atoms with Gasteiger partial charge >= 0.3 is 0 Å². The highest BCUT2D eigenvalue weighted by Crippen LogP contribution is 2.29. The fraction of sp³-hybridized carbons (Fsp3) is 0.625. The molecule has 0 aromatic heterocycles. The number of hydrogen-bond acceptors (Lipinski definition) is 4. The van der Waals surface area contributed by atoms with Crippen LogP contribution in [-0.4, -0.2) is 49.4 Å². The molecule has 2 rings (SSSR count). The standard InChI is InChI=1S/C16H25BrN2O2/c1-2-15(14-12-13(17)4-5-16(14)20)18-6-3-7-19-8-10-21-11-9-19/h4-5,12,15,18,20H,2-3,6-11H2,1H3. The molecule has 1 atom stereocenters. The summed E-state index contributed by atoms with van der Waals surface area (Å²) < 4.78 is 6.36. The number of nitrogens with zero attached hydrogens (tertiary/aromatic N) is 1. The maximum atomic E-state index is 10.0. The predicted molar refractivity (Wildman–Crippen MR) is 88.7 cm³/mol. The van der Waals surface area contributed by atoms with Gasteiger partial charge in [0.05, 0.1) is 13.2 Å². The summed E-state index contributed by atoms with van der Waals surface area (Å²) in [6, 6.07) is 5.81. The maximum absolute atomic E-state index is 10.0. The Hall–Kier alpha value is -0.620. The third-order valence-corrected chi connectivity index (χ3v) is 4.41. The van der Waals surface area contributed by atoms with Crippen molar-refractivity contribution in [3.05, 3.63) is 28.2 Å². The average molecular weight is 357 g/mol. The lowest BCUT2D eigenvalue weighted by molar-refractivity contribution is 0.0374. The van der Waals surface area contributed by atoms with Gasteiger partial charge in [-0.3, -0.25) is 4.90 Å². The monoisotopic (exact) mass is 356 g/mol. The van der Waals surface area contributed by atoms with Crippen LogP contribution in [0.2, 0.25) is 0 Å². The summed E-state index contributed by atoms with van der Waals surface area (Å²) in [5.74, 6) is 0.366. The molecule has 118 valence electrons. The smallest absolute Gasteiger partial charge is 0.120 e. The van der Waals surface area contributed by atoms with Crippen LogP contribution in [0.1, 0.15) is 31.4 Å². The molecule has 1 aromatic rings. The van der Waals surface area contributed by atoms with Crippen LogP contribution in [0, 0.1) is 0 Å². The van der Waals surface area contributed by atoms with E-state index in [-0.39, 0.29) is 6.04 Å². The number of benzene rings is 1. The lowest BCUT2D eigenvalue weighted by Crippen LogP contribution is -2.38. The third kappa shape index (κ3) is 5.25. The van der Waals surface area contributed by atoms with Crippen molar-refractivity contribution in [2.24, 2.45) is 0 Å². The zero-order chi connectivity index (χ0) is 15.1. The lowest BCUT2D eigenvalue weighted by Gasteiger charge is -2.27. The molecular formula is C16H25BrN2O2. The Morgan fingerprint density at radius 3 is 2.86 bits per heavy atom. The molecule has 5 heteroatoms. The molecule has 1 aromatic carbocycles. The van der Waals surface area contributed by atoms with Crippen molar-refractivity contribution in [3.63, 3.8) is 0 Å². The van der Waals surface area contributed by atoms with Gasteiger partial charge in [-0.25, -0.2) is 0 Å². The normalized spacial score (nSPS) is 17.8. The predicted octanol–water partition coefficient (Wildman–Crippen LogP) is 2.92. The molecule has 0 amide bonds. The Kier molecular flexibility index (Phi) is 6.96. The summed E-state index contributed by atoms with van der Waals surface area (Å²) >= 11 is 3.47. The first kappa shape index (κ1) is 16.7. The first-order valence-electron chi connectivity index (χ1n) is 7.72. The number of phenolic OH excluding ortho intramolecular Hbond substituents is 1. The van der Waals surface area contributed by atoms with E-state index in [1.54, 1.807) is 6.07 Å². The van der Waals surface area contributed by atoms with E-state index in [2.05, 4.69) is 33.1 Å². The van der Waals surface area contributed by atoms with E-state index in [0.717, 1.165) is 62.3 Å². The Morgan fingerprint density at radius 1 is 1.38 bits per heavy atom. The van der Waals surface area contributed by atoms with E-state index >= 15 is 0 Å². The minimum Gasteiger partial charge on any atom is -0.508 e. The van der Waals surface area contributed by atoms with E-state index in [1.165, 1.54) is 0 Å². The number of ether oxygens (including phenoxy) is 1. The summed E-state index contributed by atoms with van der Waals surface area (Å²) in [7, 11) is 0. The van der Waals surface area contributed by atoms with Gasteiger partial charge in [0.15, 0.2) is 0 Å². The van der Waals surface area contributed by atoms with E-state index in [1.807, 2.05) is 12.1 Å². The zero-order valence-electron chi connectivity index (χ0n) is 12.6. The number of phenols is 1. The van der Waals surface area contributed by atoms with Gasteiger partial charge in [-0.05, 0) is 44.1 Å². The van der Waals surface area contributed by atoms with Crippen molar-refractivity contribution < 1.29 is 9.84 Å². The van der Waals surface area contributed by atoms with Crippen LogP contribution < -0.4 is 5.32 Å². The van der Waals surface area contributed by atoms with Gasteiger partial charge in [0.25, 0.3) is 0 Å². The molecule has 1 saturated heterocycles. The van der Waals surface area contributed by atoms with Crippen LogP contribution in [0.4, 0.5) is 0 Å². The largest absolute Gasteiger partial charge is 0.508 e. The van der Waals surface area contributed by atoms with E-state index in [0.29, 0.717) is 5.75 Å². The molecular weight excluding hydrogens is 332 g/mol. The highest BCUT2D eigenvalue weighted by atomic mass is 79.9. The minimum atomic E-state index is 0.201. The van der Waals surface area contributed by atoms with Crippen LogP contribution in [0.3, 0.4) is 0 Å². The van der Waals surface area contributed by atoms with Gasteiger partial charge in [0, 0.05) is 29.2 Å². The third-order valence-electron chi connectivity index (χ3n) is 3.92. The van der Waals surface area contributed by atoms with Gasteiger partial charge in [-0.1, -0.05) is 22.9 Å². The van der Waals surface area contributed by atoms with E-state index in [9.17, 15) is 5.11 Å². The highest BCUT2D eigenvalue weighted by Gasteiger charge is 2.14. The fourth-order valence-electron chi connectivity index (χ4n) is 2.68. The molecule has 1 heterocycles. The minimum absolute atomic E-state index is 0.201.